The van der Waals surface area contributed by atoms with Crippen molar-refractivity contribution >= 4 is 24.7 Å². The van der Waals surface area contributed by atoms with Gasteiger partial charge in [-0.25, -0.2) is 4.79 Å². The molecule has 0 saturated carbocycles. The number of ether oxygens (including phenoxy) is 1. The molecule has 1 fully saturated rings. The maximum atomic E-state index is 13.5. The Hall–Kier alpha value is -3.65. The Morgan fingerprint density at radius 2 is 1.53 bits per heavy atom. The number of piperazine rings is 1. The van der Waals surface area contributed by atoms with Gasteiger partial charge in [0.15, 0.2) is 0 Å². The summed E-state index contributed by atoms with van der Waals surface area (Å²) in [5.74, 6) is 3.17. The summed E-state index contributed by atoms with van der Waals surface area (Å²) in [7, 11) is -6.93. The van der Waals surface area contributed by atoms with Gasteiger partial charge in [-0.3, -0.25) is 4.90 Å². The van der Waals surface area contributed by atoms with Crippen LogP contribution in [0.15, 0.2) is 54.6 Å². The molecule has 7 nitrogen and oxygen atoms in total. The Balaban J connectivity index is 1.25. The lowest BCUT2D eigenvalue weighted by Gasteiger charge is -2.34. The third-order valence-corrected chi connectivity index (χ3v) is 9.27. The highest BCUT2D eigenvalue weighted by atomic mass is 32.3. The van der Waals surface area contributed by atoms with Crippen LogP contribution in [0.1, 0.15) is 39.3 Å². The first kappa shape index (κ1) is 30.8. The first-order valence-electron chi connectivity index (χ1n) is 14.4. The molecule has 0 unspecified atom stereocenters. The summed E-state index contributed by atoms with van der Waals surface area (Å²) in [6.45, 7) is 12.9. The van der Waals surface area contributed by atoms with Gasteiger partial charge in [0, 0.05) is 49.8 Å². The van der Waals surface area contributed by atoms with Crippen molar-refractivity contribution < 1.29 is 26.0 Å². The van der Waals surface area contributed by atoms with Crippen LogP contribution in [-0.4, -0.2) is 65.2 Å². The summed E-state index contributed by atoms with van der Waals surface area (Å²) in [5, 5.41) is 0. The molecule has 1 aliphatic carbocycles. The SMILES string of the molecule is Cc1c(CN2CCN(C(=O)OCC3c4ccccc4-c4ccccc43)CC2)cc(OS(=O)(=O)F)c(C)c1C#C[Si](C)(C)C. The van der Waals surface area contributed by atoms with Crippen LogP contribution in [-0.2, 0) is 21.8 Å². The summed E-state index contributed by atoms with van der Waals surface area (Å²) in [4.78, 5) is 17.0. The number of hydrogen-bond acceptors (Lipinski definition) is 6. The van der Waals surface area contributed by atoms with E-state index in [0.29, 0.717) is 43.9 Å². The van der Waals surface area contributed by atoms with E-state index in [1.807, 2.05) is 31.2 Å². The summed E-state index contributed by atoms with van der Waals surface area (Å²) in [5.41, 5.74) is 10.9. The number of halogens is 1. The van der Waals surface area contributed by atoms with Gasteiger partial charge in [0.25, 0.3) is 0 Å². The number of carbonyl (C=O) groups excluding carboxylic acids is 1. The van der Waals surface area contributed by atoms with Gasteiger partial charge in [-0.2, -0.15) is 8.42 Å². The molecule has 1 aliphatic heterocycles. The summed E-state index contributed by atoms with van der Waals surface area (Å²) >= 11 is 0. The molecule has 0 spiro atoms. The van der Waals surface area contributed by atoms with E-state index in [1.54, 1.807) is 17.9 Å². The molecule has 0 aromatic heterocycles. The third-order valence-electron chi connectivity index (χ3n) is 8.02. The molecular weight excluding hydrogens is 584 g/mol. The second kappa shape index (κ2) is 12.2. The number of fused-ring (bicyclic) bond motifs is 3. The first-order valence-corrected chi connectivity index (χ1v) is 19.2. The maximum Gasteiger partial charge on any atom is 0.488 e. The minimum atomic E-state index is -5.20. The summed E-state index contributed by atoms with van der Waals surface area (Å²) in [6, 6.07) is 18.1. The second-order valence-corrected chi connectivity index (χ2v) is 17.9. The predicted octanol–water partition coefficient (Wildman–Crippen LogP) is 6.19. The average molecular weight is 621 g/mol. The molecule has 0 radical (unpaired) electrons. The van der Waals surface area contributed by atoms with Gasteiger partial charge in [-0.1, -0.05) is 78.0 Å². The molecule has 5 rings (SSSR count). The first-order chi connectivity index (χ1) is 20.3. The van der Waals surface area contributed by atoms with E-state index in [1.165, 1.54) is 22.3 Å². The number of benzene rings is 3. The molecular formula is C33H37FN2O5SSi. The third kappa shape index (κ3) is 7.12. The zero-order valence-electron chi connectivity index (χ0n) is 25.2. The van der Waals surface area contributed by atoms with E-state index in [0.717, 1.165) is 11.1 Å². The van der Waals surface area contributed by atoms with Crippen molar-refractivity contribution in [3.8, 4) is 28.3 Å². The van der Waals surface area contributed by atoms with Crippen LogP contribution >= 0.6 is 0 Å². The van der Waals surface area contributed by atoms with Crippen molar-refractivity contribution in [1.29, 1.82) is 0 Å². The topological polar surface area (TPSA) is 76.2 Å². The van der Waals surface area contributed by atoms with Crippen molar-refractivity contribution in [2.24, 2.45) is 0 Å². The molecule has 10 heteroatoms. The van der Waals surface area contributed by atoms with Crippen LogP contribution in [0.5, 0.6) is 5.75 Å². The maximum absolute atomic E-state index is 13.5. The van der Waals surface area contributed by atoms with Gasteiger partial charge < -0.3 is 13.8 Å². The molecule has 0 atom stereocenters. The molecule has 1 amide bonds. The minimum absolute atomic E-state index is 0.00458. The fraction of sp³-hybridized carbons (Fsp3) is 0.364. The van der Waals surface area contributed by atoms with Crippen LogP contribution in [0.4, 0.5) is 8.68 Å². The Bertz CT molecular complexity index is 1670. The fourth-order valence-corrected chi connectivity index (χ4v) is 6.64. The lowest BCUT2D eigenvalue weighted by atomic mass is 9.96. The van der Waals surface area contributed by atoms with E-state index in [2.05, 4.69) is 60.3 Å². The molecule has 1 saturated heterocycles. The highest BCUT2D eigenvalue weighted by Crippen LogP contribution is 2.44. The van der Waals surface area contributed by atoms with Gasteiger partial charge in [-0.15, -0.1) is 5.54 Å². The Morgan fingerprint density at radius 3 is 2.09 bits per heavy atom. The molecule has 0 N–H and O–H groups in total. The number of carbonyl (C=O) groups is 1. The molecule has 226 valence electrons. The Morgan fingerprint density at radius 1 is 0.953 bits per heavy atom. The fourth-order valence-electron chi connectivity index (χ4n) is 5.75. The lowest BCUT2D eigenvalue weighted by Crippen LogP contribution is -2.48. The zero-order valence-corrected chi connectivity index (χ0v) is 27.1. The van der Waals surface area contributed by atoms with E-state index in [-0.39, 0.29) is 24.4 Å². The van der Waals surface area contributed by atoms with Crippen LogP contribution < -0.4 is 4.18 Å². The molecule has 1 heterocycles. The van der Waals surface area contributed by atoms with Crippen molar-refractivity contribution in [3.63, 3.8) is 0 Å². The van der Waals surface area contributed by atoms with Gasteiger partial charge in [0.05, 0.1) is 0 Å². The average Bonchev–Trinajstić information content (AvgIpc) is 3.27. The number of nitrogens with zero attached hydrogens (tertiary/aromatic N) is 2. The Labute approximate surface area is 255 Å². The predicted molar refractivity (Wildman–Crippen MR) is 169 cm³/mol. The zero-order chi connectivity index (χ0) is 30.9. The largest absolute Gasteiger partial charge is 0.488 e. The van der Waals surface area contributed by atoms with Crippen molar-refractivity contribution in [2.75, 3.05) is 32.8 Å². The molecule has 0 bridgehead atoms. The highest BCUT2D eigenvalue weighted by molar-refractivity contribution is 7.81. The van der Waals surface area contributed by atoms with E-state index in [9.17, 15) is 17.1 Å². The smallest absolute Gasteiger partial charge is 0.448 e. The molecule has 3 aromatic carbocycles. The van der Waals surface area contributed by atoms with Crippen LogP contribution in [0.3, 0.4) is 0 Å². The van der Waals surface area contributed by atoms with Crippen LogP contribution in [0, 0.1) is 25.3 Å². The second-order valence-electron chi connectivity index (χ2n) is 12.2. The van der Waals surface area contributed by atoms with E-state index >= 15 is 0 Å². The van der Waals surface area contributed by atoms with Gasteiger partial charge in [0.1, 0.15) is 20.4 Å². The summed E-state index contributed by atoms with van der Waals surface area (Å²) in [6.07, 6.45) is -0.333. The van der Waals surface area contributed by atoms with E-state index in [4.69, 9.17) is 8.92 Å². The Kier molecular flexibility index (Phi) is 8.70. The molecule has 3 aromatic rings. The number of hydrogen-bond donors (Lipinski definition) is 0. The van der Waals surface area contributed by atoms with Gasteiger partial charge in [0.2, 0.25) is 0 Å². The normalized spacial score (nSPS) is 15.3. The molecule has 43 heavy (non-hydrogen) atoms. The molecule has 2 aliphatic rings. The summed E-state index contributed by atoms with van der Waals surface area (Å²) < 4.78 is 46.8. The van der Waals surface area contributed by atoms with Crippen LogP contribution in [0.2, 0.25) is 19.6 Å². The van der Waals surface area contributed by atoms with Gasteiger partial charge in [-0.05, 0) is 53.3 Å². The van der Waals surface area contributed by atoms with Crippen LogP contribution in [0.25, 0.3) is 11.1 Å². The van der Waals surface area contributed by atoms with E-state index < -0.39 is 18.6 Å². The highest BCUT2D eigenvalue weighted by Gasteiger charge is 2.30. The van der Waals surface area contributed by atoms with Gasteiger partial charge >= 0.3 is 16.6 Å². The standard InChI is InChI=1S/C33H37FN2O5SSi/c1-23-25(20-32(41-42(34,38)39)24(2)26(23)14-19-43(3,4)5)21-35-15-17-36(18-16-35)33(37)40-22-31-29-12-8-6-10-27(29)28-11-7-9-13-30(28)31/h6-13,20,31H,15-18,21-22H2,1-5H3. The number of amides is 1. The van der Waals surface area contributed by atoms with Crippen molar-refractivity contribution in [2.45, 2.75) is 46.0 Å². The number of rotatable bonds is 6. The minimum Gasteiger partial charge on any atom is -0.448 e. The lowest BCUT2D eigenvalue weighted by molar-refractivity contribution is 0.0728. The van der Waals surface area contributed by atoms with Crippen molar-refractivity contribution in [1.82, 2.24) is 9.80 Å². The monoisotopic (exact) mass is 620 g/mol. The van der Waals surface area contributed by atoms with Crippen molar-refractivity contribution in [3.05, 3.63) is 88.0 Å². The quantitative estimate of drug-likeness (QED) is 0.186.